The molecular weight excluding hydrogens is 312 g/mol. The van der Waals surface area contributed by atoms with Crippen LogP contribution in [0.4, 0.5) is 0 Å². The molecule has 1 rings (SSSR count). The number of esters is 1. The van der Waals surface area contributed by atoms with E-state index in [-0.39, 0.29) is 12.5 Å². The molecule has 0 atom stereocenters. The third-order valence-corrected chi connectivity index (χ3v) is 3.21. The Morgan fingerprint density at radius 3 is 2.42 bits per heavy atom. The summed E-state index contributed by atoms with van der Waals surface area (Å²) in [5.74, 6) is -0.641. The summed E-state index contributed by atoms with van der Waals surface area (Å²) in [6, 6.07) is 3.25. The number of methoxy groups -OCH3 is 1. The maximum Gasteiger partial charge on any atom is 0.379 e. The van der Waals surface area contributed by atoms with Crippen LogP contribution in [0, 0.1) is 0 Å². The maximum atomic E-state index is 11.9. The fourth-order valence-corrected chi connectivity index (χ4v) is 2.34. The third-order valence-electron chi connectivity index (χ3n) is 2.62. The molecule has 0 aromatic heterocycles. The molecule has 0 saturated carbocycles. The number of ketones is 1. The molecule has 1 aromatic rings. The molecule has 0 spiro atoms. The van der Waals surface area contributed by atoms with Crippen molar-refractivity contribution in [2.45, 2.75) is 26.7 Å². The molecule has 0 N–H and O–H groups in total. The number of carbonyl (C=O) groups excluding carboxylic acids is 2. The highest BCUT2D eigenvalue weighted by Gasteiger charge is 2.21. The van der Waals surface area contributed by atoms with Gasteiger partial charge in [-0.3, -0.25) is 4.79 Å². The first-order chi connectivity index (χ1) is 8.92. The second kappa shape index (κ2) is 6.70. The zero-order valence-electron chi connectivity index (χ0n) is 11.5. The fraction of sp³-hybridized carbons (Fsp3) is 0.429. The lowest BCUT2D eigenvalue weighted by molar-refractivity contribution is -0.137. The Bertz CT molecular complexity index is 494. The van der Waals surface area contributed by atoms with Crippen LogP contribution in [0.25, 0.3) is 0 Å². The highest BCUT2D eigenvalue weighted by atomic mass is 79.9. The highest BCUT2D eigenvalue weighted by Crippen LogP contribution is 2.35. The maximum absolute atomic E-state index is 11.9. The summed E-state index contributed by atoms with van der Waals surface area (Å²) >= 11 is 3.35. The van der Waals surface area contributed by atoms with Gasteiger partial charge in [0.25, 0.3) is 5.78 Å². The molecule has 0 heterocycles. The van der Waals surface area contributed by atoms with E-state index in [1.54, 1.807) is 26.2 Å². The SMILES string of the molecule is CCOC(=O)C(=O)c1cc(Br)c(OC)c(C(C)C)c1. The molecule has 0 aliphatic rings. The molecular formula is C14H17BrO4. The summed E-state index contributed by atoms with van der Waals surface area (Å²) in [7, 11) is 1.57. The van der Waals surface area contributed by atoms with Gasteiger partial charge in [0.2, 0.25) is 0 Å². The van der Waals surface area contributed by atoms with E-state index in [1.165, 1.54) is 0 Å². The van der Waals surface area contributed by atoms with Crippen molar-refractivity contribution >= 4 is 27.7 Å². The van der Waals surface area contributed by atoms with Crippen molar-refractivity contribution in [2.75, 3.05) is 13.7 Å². The van der Waals surface area contributed by atoms with Crippen LogP contribution in [-0.2, 0) is 9.53 Å². The summed E-state index contributed by atoms with van der Waals surface area (Å²) in [4.78, 5) is 23.4. The van der Waals surface area contributed by atoms with Gasteiger partial charge in [-0.15, -0.1) is 0 Å². The summed E-state index contributed by atoms with van der Waals surface area (Å²) in [6.45, 7) is 5.82. The lowest BCUT2D eigenvalue weighted by atomic mass is 9.98. The second-order valence-corrected chi connectivity index (χ2v) is 5.14. The summed E-state index contributed by atoms with van der Waals surface area (Å²) in [6.07, 6.45) is 0. The molecule has 4 nitrogen and oxygen atoms in total. The minimum absolute atomic E-state index is 0.168. The monoisotopic (exact) mass is 328 g/mol. The molecule has 0 bridgehead atoms. The Morgan fingerprint density at radius 1 is 1.32 bits per heavy atom. The van der Waals surface area contributed by atoms with Gasteiger partial charge in [-0.2, -0.15) is 0 Å². The molecule has 0 amide bonds. The minimum atomic E-state index is -0.839. The molecule has 5 heteroatoms. The van der Waals surface area contributed by atoms with Crippen LogP contribution in [0.1, 0.15) is 42.6 Å². The van der Waals surface area contributed by atoms with E-state index in [0.717, 1.165) is 5.56 Å². The predicted molar refractivity (Wildman–Crippen MR) is 75.7 cm³/mol. The molecule has 19 heavy (non-hydrogen) atoms. The average molecular weight is 329 g/mol. The van der Waals surface area contributed by atoms with Gasteiger partial charge in [0.15, 0.2) is 0 Å². The smallest absolute Gasteiger partial charge is 0.379 e. The third kappa shape index (κ3) is 3.56. The van der Waals surface area contributed by atoms with Gasteiger partial charge in [0.1, 0.15) is 5.75 Å². The standard InChI is InChI=1S/C14H17BrO4/c1-5-19-14(17)12(16)9-6-10(8(2)3)13(18-4)11(15)7-9/h6-8H,5H2,1-4H3. The van der Waals surface area contributed by atoms with Gasteiger partial charge < -0.3 is 9.47 Å². The molecule has 0 fully saturated rings. The normalized spacial score (nSPS) is 10.4. The van der Waals surface area contributed by atoms with Gasteiger partial charge in [-0.1, -0.05) is 13.8 Å². The first-order valence-corrected chi connectivity index (χ1v) is 6.80. The van der Waals surface area contributed by atoms with Crippen molar-refractivity contribution in [3.8, 4) is 5.75 Å². The molecule has 0 aliphatic carbocycles. The number of hydrogen-bond donors (Lipinski definition) is 0. The van der Waals surface area contributed by atoms with Crippen molar-refractivity contribution < 1.29 is 19.1 Å². The Morgan fingerprint density at radius 2 is 1.95 bits per heavy atom. The van der Waals surface area contributed by atoms with Crippen LogP contribution < -0.4 is 4.74 Å². The minimum Gasteiger partial charge on any atom is -0.495 e. The molecule has 1 aromatic carbocycles. The van der Waals surface area contributed by atoms with E-state index >= 15 is 0 Å². The Kier molecular flexibility index (Phi) is 5.54. The highest BCUT2D eigenvalue weighted by molar-refractivity contribution is 9.10. The molecule has 0 radical (unpaired) electrons. The largest absolute Gasteiger partial charge is 0.495 e. The van der Waals surface area contributed by atoms with Gasteiger partial charge in [0.05, 0.1) is 18.2 Å². The molecule has 104 valence electrons. The van der Waals surface area contributed by atoms with Gasteiger partial charge in [0, 0.05) is 5.56 Å². The molecule has 0 saturated heterocycles. The van der Waals surface area contributed by atoms with Crippen molar-refractivity contribution in [1.82, 2.24) is 0 Å². The zero-order valence-corrected chi connectivity index (χ0v) is 13.0. The van der Waals surface area contributed by atoms with E-state index in [1.807, 2.05) is 13.8 Å². The van der Waals surface area contributed by atoms with Crippen LogP contribution in [0.3, 0.4) is 0 Å². The average Bonchev–Trinajstić information content (AvgIpc) is 2.36. The van der Waals surface area contributed by atoms with Crippen molar-refractivity contribution in [2.24, 2.45) is 0 Å². The van der Waals surface area contributed by atoms with Crippen LogP contribution in [-0.4, -0.2) is 25.5 Å². The van der Waals surface area contributed by atoms with Crippen LogP contribution in [0.5, 0.6) is 5.75 Å². The van der Waals surface area contributed by atoms with Crippen molar-refractivity contribution in [3.63, 3.8) is 0 Å². The number of hydrogen-bond acceptors (Lipinski definition) is 4. The zero-order chi connectivity index (χ0) is 14.6. The van der Waals surface area contributed by atoms with Gasteiger partial charge in [-0.05, 0) is 46.5 Å². The van der Waals surface area contributed by atoms with Crippen LogP contribution >= 0.6 is 15.9 Å². The Labute approximate surface area is 121 Å². The molecule has 0 aliphatic heterocycles. The van der Waals surface area contributed by atoms with Crippen molar-refractivity contribution in [3.05, 3.63) is 27.7 Å². The van der Waals surface area contributed by atoms with Crippen LogP contribution in [0.2, 0.25) is 0 Å². The first kappa shape index (κ1) is 15.7. The van der Waals surface area contributed by atoms with Crippen molar-refractivity contribution in [1.29, 1.82) is 0 Å². The Balaban J connectivity index is 3.24. The van der Waals surface area contributed by atoms with E-state index in [0.29, 0.717) is 15.8 Å². The second-order valence-electron chi connectivity index (χ2n) is 4.28. The Hall–Kier alpha value is -1.36. The van der Waals surface area contributed by atoms with Gasteiger partial charge in [-0.25, -0.2) is 4.79 Å². The van der Waals surface area contributed by atoms with E-state index < -0.39 is 11.8 Å². The number of rotatable bonds is 5. The lowest BCUT2D eigenvalue weighted by Crippen LogP contribution is -2.18. The predicted octanol–water partition coefficient (Wildman–Crippen LogP) is 3.33. The quantitative estimate of drug-likeness (QED) is 0.472. The fourth-order valence-electron chi connectivity index (χ4n) is 1.70. The number of halogens is 1. The molecule has 0 unspecified atom stereocenters. The van der Waals surface area contributed by atoms with E-state index in [9.17, 15) is 9.59 Å². The van der Waals surface area contributed by atoms with Crippen LogP contribution in [0.15, 0.2) is 16.6 Å². The first-order valence-electron chi connectivity index (χ1n) is 6.01. The van der Waals surface area contributed by atoms with E-state index in [2.05, 4.69) is 15.9 Å². The number of benzene rings is 1. The van der Waals surface area contributed by atoms with Gasteiger partial charge >= 0.3 is 5.97 Å². The lowest BCUT2D eigenvalue weighted by Gasteiger charge is -2.15. The number of Topliss-reactive ketones (excluding diaryl/α,β-unsaturated/α-hetero) is 1. The van der Waals surface area contributed by atoms with E-state index in [4.69, 9.17) is 9.47 Å². The summed E-state index contributed by atoms with van der Waals surface area (Å²) < 4.78 is 10.7. The summed E-state index contributed by atoms with van der Waals surface area (Å²) in [5, 5.41) is 0. The summed E-state index contributed by atoms with van der Waals surface area (Å²) in [5.41, 5.74) is 1.17. The topological polar surface area (TPSA) is 52.6 Å². The number of ether oxygens (including phenoxy) is 2. The number of carbonyl (C=O) groups is 2.